The van der Waals surface area contributed by atoms with E-state index in [1.54, 1.807) is 0 Å². The average Bonchev–Trinajstić information content (AvgIpc) is 3.12. The van der Waals surface area contributed by atoms with Crippen molar-refractivity contribution in [3.63, 3.8) is 0 Å². The van der Waals surface area contributed by atoms with Gasteiger partial charge >= 0.3 is 190 Å². The molecule has 1 fully saturated rings. The number of rotatable bonds is 12. The first-order chi connectivity index (χ1) is 14.2. The molecule has 30 heavy (non-hydrogen) atoms. The molecular weight excluding hydrogens is 482 g/mol. The van der Waals surface area contributed by atoms with Gasteiger partial charge in [-0.25, -0.2) is 0 Å². The Balaban J connectivity index is 2.47. The Morgan fingerprint density at radius 3 is 1.93 bits per heavy atom. The second-order valence-corrected chi connectivity index (χ2v) is 23.7. The Morgan fingerprint density at radius 2 is 1.50 bits per heavy atom. The molecule has 1 aliphatic rings. The van der Waals surface area contributed by atoms with Crippen LogP contribution in [-0.4, -0.2) is 46.8 Å². The van der Waals surface area contributed by atoms with Gasteiger partial charge in [-0.05, 0) is 0 Å². The Kier molecular flexibility index (Phi) is 10.2. The fourth-order valence-electron chi connectivity index (χ4n) is 4.90. The van der Waals surface area contributed by atoms with Gasteiger partial charge in [-0.2, -0.15) is 0 Å². The first-order valence-corrected chi connectivity index (χ1v) is 20.0. The van der Waals surface area contributed by atoms with Crippen LogP contribution in [0.3, 0.4) is 0 Å². The number of unbranched alkanes of at least 4 members (excludes halogenated alkanes) is 3. The predicted molar refractivity (Wildman–Crippen MR) is 129 cm³/mol. The molecule has 2 rings (SSSR count). The van der Waals surface area contributed by atoms with Gasteiger partial charge in [0.1, 0.15) is 0 Å². The summed E-state index contributed by atoms with van der Waals surface area (Å²) in [5.41, 5.74) is -1.23. The number of alkyl halides is 1. The average molecular weight is 529 g/mol. The van der Waals surface area contributed by atoms with Gasteiger partial charge in [0, 0.05) is 0 Å². The van der Waals surface area contributed by atoms with Crippen molar-refractivity contribution in [2.45, 2.75) is 124 Å². The molecule has 0 saturated carbocycles. The molecule has 1 saturated heterocycles. The molecular formula is C25H47FN2OSn. The molecule has 174 valence electrons. The maximum atomic E-state index is 15.6. The van der Waals surface area contributed by atoms with Crippen molar-refractivity contribution < 1.29 is 9.13 Å². The second-order valence-electron chi connectivity index (χ2n) is 10.7. The van der Waals surface area contributed by atoms with Gasteiger partial charge < -0.3 is 0 Å². The summed E-state index contributed by atoms with van der Waals surface area (Å²) in [6.07, 6.45) is 11.1. The Hall–Kier alpha value is -0.101. The fourth-order valence-corrected chi connectivity index (χ4v) is 20.3. The molecule has 0 unspecified atom stereocenters. The molecule has 0 bridgehead atoms. The molecule has 3 nitrogen and oxygen atoms in total. The molecule has 0 aromatic carbocycles. The summed E-state index contributed by atoms with van der Waals surface area (Å²) in [7, 11) is 0. The van der Waals surface area contributed by atoms with E-state index >= 15 is 4.39 Å². The van der Waals surface area contributed by atoms with Gasteiger partial charge in [0.2, 0.25) is 0 Å². The molecule has 1 aromatic heterocycles. The van der Waals surface area contributed by atoms with E-state index in [1.807, 2.05) is 0 Å². The molecule has 1 aromatic rings. The maximum absolute atomic E-state index is 15.6. The minimum absolute atomic E-state index is 0.0718. The Bertz CT molecular complexity index is 610. The molecule has 0 atom stereocenters. The molecule has 0 radical (unpaired) electrons. The Morgan fingerprint density at radius 1 is 1.00 bits per heavy atom. The Labute approximate surface area is 189 Å². The van der Waals surface area contributed by atoms with Crippen molar-refractivity contribution in [3.05, 3.63) is 12.0 Å². The number of ether oxygens (including phenoxy) is 1. The standard InChI is InChI=1S/C13H20FN2O.3C4H9.Sn/c1-12(2,3)11-15-6-7-16(11)10-13(14)4-8-17-9-5-13;3*1-3-4-2;/h7H,4-5,8-10H2,1-3H3;3*1,3-4H2,2H3;. The van der Waals surface area contributed by atoms with Crippen LogP contribution in [0.15, 0.2) is 6.20 Å². The molecule has 2 heterocycles. The van der Waals surface area contributed by atoms with E-state index in [-0.39, 0.29) is 5.41 Å². The van der Waals surface area contributed by atoms with Crippen molar-refractivity contribution >= 4 is 22.1 Å². The van der Waals surface area contributed by atoms with E-state index in [1.165, 1.54) is 55.5 Å². The zero-order chi connectivity index (χ0) is 22.3. The predicted octanol–water partition coefficient (Wildman–Crippen LogP) is 6.76. The summed E-state index contributed by atoms with van der Waals surface area (Å²) in [4.78, 5) is 5.37. The summed E-state index contributed by atoms with van der Waals surface area (Å²) in [5.74, 6) is 1.09. The number of halogens is 1. The van der Waals surface area contributed by atoms with Crippen molar-refractivity contribution in [2.24, 2.45) is 0 Å². The van der Waals surface area contributed by atoms with Crippen LogP contribution in [0, 0.1) is 0 Å². The number of aromatic nitrogens is 2. The van der Waals surface area contributed by atoms with Crippen LogP contribution in [0.4, 0.5) is 4.39 Å². The van der Waals surface area contributed by atoms with E-state index in [0.717, 1.165) is 5.82 Å². The topological polar surface area (TPSA) is 27.1 Å². The number of imidazole rings is 1. The van der Waals surface area contributed by atoms with Crippen molar-refractivity contribution in [2.75, 3.05) is 13.2 Å². The molecule has 1 aliphatic heterocycles. The summed E-state index contributed by atoms with van der Waals surface area (Å²) in [6, 6.07) is 0. The SMILES string of the molecule is CCC[CH2][Sn]([CH2]CCC)([CH2]CCC)[c]1cn(CC2(F)CCOCC2)c(C(C)(C)C)n1. The third-order valence-electron chi connectivity index (χ3n) is 6.86. The fraction of sp³-hybridized carbons (Fsp3) is 0.880. The molecule has 0 aliphatic carbocycles. The minimum atomic E-state index is -2.63. The van der Waals surface area contributed by atoms with E-state index in [4.69, 9.17) is 9.72 Å². The van der Waals surface area contributed by atoms with E-state index in [0.29, 0.717) is 32.6 Å². The first kappa shape index (κ1) is 26.2. The molecule has 0 N–H and O–H groups in total. The van der Waals surface area contributed by atoms with Crippen LogP contribution in [0.2, 0.25) is 13.3 Å². The third kappa shape index (κ3) is 6.95. The summed E-state index contributed by atoms with van der Waals surface area (Å²) >= 11 is -2.63. The van der Waals surface area contributed by atoms with Gasteiger partial charge in [-0.1, -0.05) is 0 Å². The van der Waals surface area contributed by atoms with Crippen molar-refractivity contribution in [1.29, 1.82) is 0 Å². The van der Waals surface area contributed by atoms with Crippen LogP contribution in [-0.2, 0) is 16.7 Å². The quantitative estimate of drug-likeness (QED) is 0.280. The van der Waals surface area contributed by atoms with Gasteiger partial charge in [-0.3, -0.25) is 0 Å². The van der Waals surface area contributed by atoms with Crippen molar-refractivity contribution in [1.82, 2.24) is 9.55 Å². The van der Waals surface area contributed by atoms with Gasteiger partial charge in [0.25, 0.3) is 0 Å². The van der Waals surface area contributed by atoms with Gasteiger partial charge in [0.15, 0.2) is 0 Å². The zero-order valence-corrected chi connectivity index (χ0v) is 23.5. The summed E-state index contributed by atoms with van der Waals surface area (Å²) in [5, 5.41) is 0. The summed E-state index contributed by atoms with van der Waals surface area (Å²) in [6.45, 7) is 15.1. The van der Waals surface area contributed by atoms with Crippen LogP contribution in [0.5, 0.6) is 0 Å². The number of nitrogens with zero attached hydrogens (tertiary/aromatic N) is 2. The normalized spacial score (nSPS) is 17.4. The number of hydrogen-bond acceptors (Lipinski definition) is 2. The van der Waals surface area contributed by atoms with E-state index in [2.05, 4.69) is 52.3 Å². The van der Waals surface area contributed by atoms with Gasteiger partial charge in [0.05, 0.1) is 0 Å². The zero-order valence-electron chi connectivity index (χ0n) is 20.7. The molecule has 5 heteroatoms. The third-order valence-corrected chi connectivity index (χ3v) is 21.9. The van der Waals surface area contributed by atoms with Gasteiger partial charge in [-0.15, -0.1) is 0 Å². The van der Waals surface area contributed by atoms with Crippen molar-refractivity contribution in [3.8, 4) is 0 Å². The second kappa shape index (κ2) is 11.7. The van der Waals surface area contributed by atoms with Crippen LogP contribution >= 0.6 is 0 Å². The monoisotopic (exact) mass is 530 g/mol. The van der Waals surface area contributed by atoms with Crippen LogP contribution in [0.1, 0.15) is 98.7 Å². The van der Waals surface area contributed by atoms with E-state index < -0.39 is 24.0 Å². The van der Waals surface area contributed by atoms with Crippen LogP contribution in [0.25, 0.3) is 0 Å². The summed E-state index contributed by atoms with van der Waals surface area (Å²) < 4.78 is 28.9. The first-order valence-electron chi connectivity index (χ1n) is 12.5. The molecule has 0 spiro atoms. The van der Waals surface area contributed by atoms with E-state index in [9.17, 15) is 0 Å². The number of hydrogen-bond donors (Lipinski definition) is 0. The molecule has 0 amide bonds. The van der Waals surface area contributed by atoms with Crippen LogP contribution < -0.4 is 3.71 Å².